The van der Waals surface area contributed by atoms with Crippen molar-refractivity contribution in [1.82, 2.24) is 0 Å². The third-order valence-corrected chi connectivity index (χ3v) is 8.36. The lowest BCUT2D eigenvalue weighted by Crippen LogP contribution is -2.48. The van der Waals surface area contributed by atoms with Crippen molar-refractivity contribution in [2.75, 3.05) is 0 Å². The van der Waals surface area contributed by atoms with Gasteiger partial charge in [0.25, 0.3) is 0 Å². The molecule has 2 nitrogen and oxygen atoms in total. The lowest BCUT2D eigenvalue weighted by atomic mass is 9.50. The molecular weight excluding hydrogens is 296 g/mol. The Hall–Kier alpha value is -0.370. The first kappa shape index (κ1) is 18.4. The van der Waals surface area contributed by atoms with Gasteiger partial charge >= 0.3 is 0 Å². The van der Waals surface area contributed by atoms with Crippen LogP contribution in [0.4, 0.5) is 0 Å². The second-order valence-corrected chi connectivity index (χ2v) is 9.28. The first-order chi connectivity index (χ1) is 11.5. The van der Waals surface area contributed by atoms with Gasteiger partial charge in [-0.15, -0.1) is 0 Å². The van der Waals surface area contributed by atoms with Crippen LogP contribution in [-0.2, 0) is 4.79 Å². The van der Waals surface area contributed by atoms with Gasteiger partial charge in [-0.3, -0.25) is 4.79 Å². The van der Waals surface area contributed by atoms with Gasteiger partial charge in [0.2, 0.25) is 0 Å². The van der Waals surface area contributed by atoms with Crippen LogP contribution in [0.2, 0.25) is 0 Å². The van der Waals surface area contributed by atoms with E-state index in [0.717, 1.165) is 48.9 Å². The normalized spacial score (nSPS) is 50.0. The highest BCUT2D eigenvalue weighted by atomic mass is 16.3. The minimum absolute atomic E-state index is 0.0276. The zero-order valence-electron chi connectivity index (χ0n) is 16.3. The first-order valence-corrected chi connectivity index (χ1v) is 10.7. The third-order valence-electron chi connectivity index (χ3n) is 8.36. The molecule has 4 saturated carbocycles. The predicted octanol–water partition coefficient (Wildman–Crippen LogP) is 5.23. The summed E-state index contributed by atoms with van der Waals surface area (Å²) in [4.78, 5) is 12.1. The van der Waals surface area contributed by atoms with E-state index in [1.807, 2.05) is 20.8 Å². The topological polar surface area (TPSA) is 37.3 Å². The molecule has 138 valence electrons. The fourth-order valence-corrected chi connectivity index (χ4v) is 7.34. The number of aliphatic hydroxyl groups excluding tert-OH is 1. The highest BCUT2D eigenvalue weighted by molar-refractivity contribution is 5.79. The molecule has 0 heterocycles. The standard InChI is InChI=1S/C20H32O2.C2H6/c1-12(21)19-8-5-15-10-18-14(11-20(15,19)2)4-3-13-9-16(22)6-7-17(13)18;1-2/h13-19,22H,3-11H2,1-2H3;1-2H3/t13-,14-,15+,16+,17-,18-,19-,20+;/m1./s1. The van der Waals surface area contributed by atoms with Crippen molar-refractivity contribution in [3.8, 4) is 0 Å². The van der Waals surface area contributed by atoms with Crippen LogP contribution in [0.1, 0.15) is 85.5 Å². The van der Waals surface area contributed by atoms with Crippen LogP contribution < -0.4 is 0 Å². The summed E-state index contributed by atoms with van der Waals surface area (Å²) < 4.78 is 0. The number of rotatable bonds is 1. The van der Waals surface area contributed by atoms with Crippen molar-refractivity contribution < 1.29 is 9.90 Å². The van der Waals surface area contributed by atoms with Crippen LogP contribution >= 0.6 is 0 Å². The maximum Gasteiger partial charge on any atom is 0.133 e. The van der Waals surface area contributed by atoms with E-state index in [4.69, 9.17) is 0 Å². The summed E-state index contributed by atoms with van der Waals surface area (Å²) in [6.45, 7) is 8.26. The van der Waals surface area contributed by atoms with E-state index in [9.17, 15) is 9.90 Å². The number of ketones is 1. The molecule has 8 atom stereocenters. The minimum atomic E-state index is -0.0276. The van der Waals surface area contributed by atoms with Crippen LogP contribution in [0.25, 0.3) is 0 Å². The van der Waals surface area contributed by atoms with Gasteiger partial charge in [0.15, 0.2) is 0 Å². The summed E-state index contributed by atoms with van der Waals surface area (Å²) in [5.41, 5.74) is 0.300. The zero-order chi connectivity index (χ0) is 17.5. The van der Waals surface area contributed by atoms with Crippen molar-refractivity contribution in [3.63, 3.8) is 0 Å². The molecule has 0 aromatic carbocycles. The van der Waals surface area contributed by atoms with Gasteiger partial charge < -0.3 is 5.11 Å². The second-order valence-electron chi connectivity index (χ2n) is 9.28. The van der Waals surface area contributed by atoms with E-state index < -0.39 is 0 Å². The molecule has 0 aromatic heterocycles. The van der Waals surface area contributed by atoms with E-state index in [-0.39, 0.29) is 6.10 Å². The van der Waals surface area contributed by atoms with Crippen LogP contribution in [-0.4, -0.2) is 17.0 Å². The maximum absolute atomic E-state index is 12.1. The summed E-state index contributed by atoms with van der Waals surface area (Å²) in [7, 11) is 0. The number of fused-ring (bicyclic) bond motifs is 4. The first-order valence-electron chi connectivity index (χ1n) is 10.7. The molecule has 0 saturated heterocycles. The monoisotopic (exact) mass is 334 g/mol. The molecule has 0 aromatic rings. The maximum atomic E-state index is 12.1. The van der Waals surface area contributed by atoms with Crippen LogP contribution in [0, 0.1) is 40.9 Å². The Morgan fingerprint density at radius 3 is 2.33 bits per heavy atom. The molecule has 0 amide bonds. The molecule has 0 spiro atoms. The SMILES string of the molecule is CC.CC(=O)[C@H]1CC[C@H]2C[C@@H]3[C@H](CC[C@@H]4C[C@@H](O)CC[C@H]43)C[C@@]21C. The van der Waals surface area contributed by atoms with Gasteiger partial charge in [0.05, 0.1) is 6.10 Å². The van der Waals surface area contributed by atoms with Gasteiger partial charge in [-0.25, -0.2) is 0 Å². The second kappa shape index (κ2) is 7.09. The molecule has 0 radical (unpaired) electrons. The molecule has 4 rings (SSSR count). The molecule has 1 N–H and O–H groups in total. The zero-order valence-corrected chi connectivity index (χ0v) is 16.3. The lowest BCUT2D eigenvalue weighted by molar-refractivity contribution is -0.128. The highest BCUT2D eigenvalue weighted by Gasteiger charge is 2.56. The van der Waals surface area contributed by atoms with Crippen molar-refractivity contribution in [1.29, 1.82) is 0 Å². The number of hydrogen-bond donors (Lipinski definition) is 1. The van der Waals surface area contributed by atoms with Crippen molar-refractivity contribution in [3.05, 3.63) is 0 Å². The van der Waals surface area contributed by atoms with Gasteiger partial charge in [0, 0.05) is 5.92 Å². The summed E-state index contributed by atoms with van der Waals surface area (Å²) in [5, 5.41) is 9.99. The molecular formula is C22H38O2. The summed E-state index contributed by atoms with van der Waals surface area (Å²) in [5.74, 6) is 4.99. The average molecular weight is 335 g/mol. The van der Waals surface area contributed by atoms with Gasteiger partial charge in [-0.1, -0.05) is 20.8 Å². The van der Waals surface area contributed by atoms with E-state index >= 15 is 0 Å². The van der Waals surface area contributed by atoms with Gasteiger partial charge in [-0.2, -0.15) is 0 Å². The van der Waals surface area contributed by atoms with Crippen LogP contribution in [0.3, 0.4) is 0 Å². The number of aliphatic hydroxyl groups is 1. The molecule has 4 fully saturated rings. The molecule has 2 heteroatoms. The van der Waals surface area contributed by atoms with Crippen molar-refractivity contribution in [2.45, 2.75) is 91.6 Å². The summed E-state index contributed by atoms with van der Waals surface area (Å²) in [6.07, 6.45) is 11.1. The van der Waals surface area contributed by atoms with E-state index in [1.54, 1.807) is 0 Å². The van der Waals surface area contributed by atoms with Crippen molar-refractivity contribution >= 4 is 5.78 Å². The van der Waals surface area contributed by atoms with Crippen LogP contribution in [0.15, 0.2) is 0 Å². The average Bonchev–Trinajstić information content (AvgIpc) is 2.90. The highest BCUT2D eigenvalue weighted by Crippen LogP contribution is 2.63. The Morgan fingerprint density at radius 2 is 1.62 bits per heavy atom. The number of carbonyl (C=O) groups is 1. The number of carbonyl (C=O) groups excluding carboxylic acids is 1. The van der Waals surface area contributed by atoms with Crippen molar-refractivity contribution in [2.24, 2.45) is 40.9 Å². The Balaban J connectivity index is 0.000000815. The Kier molecular flexibility index (Phi) is 5.45. The summed E-state index contributed by atoms with van der Waals surface area (Å²) in [6, 6.07) is 0. The Bertz CT molecular complexity index is 459. The van der Waals surface area contributed by atoms with E-state index in [2.05, 4.69) is 6.92 Å². The van der Waals surface area contributed by atoms with E-state index in [1.165, 1.54) is 38.5 Å². The van der Waals surface area contributed by atoms with Gasteiger partial charge in [-0.05, 0) is 99.7 Å². The molecule has 24 heavy (non-hydrogen) atoms. The Labute approximate surface area is 148 Å². The fraction of sp³-hybridized carbons (Fsp3) is 0.955. The number of hydrogen-bond acceptors (Lipinski definition) is 2. The quantitative estimate of drug-likeness (QED) is 0.713. The third kappa shape index (κ3) is 2.97. The predicted molar refractivity (Wildman–Crippen MR) is 98.6 cm³/mol. The minimum Gasteiger partial charge on any atom is -0.393 e. The Morgan fingerprint density at radius 1 is 0.917 bits per heavy atom. The smallest absolute Gasteiger partial charge is 0.133 e. The van der Waals surface area contributed by atoms with Crippen LogP contribution in [0.5, 0.6) is 0 Å². The van der Waals surface area contributed by atoms with E-state index in [0.29, 0.717) is 17.1 Å². The fourth-order valence-electron chi connectivity index (χ4n) is 7.34. The molecule has 0 aliphatic heterocycles. The molecule has 0 bridgehead atoms. The van der Waals surface area contributed by atoms with Gasteiger partial charge in [0.1, 0.15) is 5.78 Å². The largest absolute Gasteiger partial charge is 0.393 e. The molecule has 4 aliphatic rings. The summed E-state index contributed by atoms with van der Waals surface area (Å²) >= 11 is 0. The molecule has 0 unspecified atom stereocenters. The number of Topliss-reactive ketones (excluding diaryl/α,β-unsaturated/α-hetero) is 1. The lowest BCUT2D eigenvalue weighted by Gasteiger charge is -2.55. The molecule has 4 aliphatic carbocycles.